The van der Waals surface area contributed by atoms with Crippen molar-refractivity contribution in [1.29, 1.82) is 0 Å². The average Bonchev–Trinajstić information content (AvgIpc) is 3.02. The van der Waals surface area contributed by atoms with E-state index in [1.807, 2.05) is 17.4 Å². The SMILES string of the molecule is CCNC(c1cc2ccccc2s1)c1sccc1Cl. The molecule has 0 aliphatic carbocycles. The Kier molecular flexibility index (Phi) is 3.89. The van der Waals surface area contributed by atoms with Crippen molar-refractivity contribution in [3.8, 4) is 0 Å². The van der Waals surface area contributed by atoms with Gasteiger partial charge in [0.1, 0.15) is 0 Å². The van der Waals surface area contributed by atoms with Crippen LogP contribution in [0, 0.1) is 0 Å². The van der Waals surface area contributed by atoms with Crippen molar-refractivity contribution in [3.05, 3.63) is 56.6 Å². The Hall–Kier alpha value is -0.870. The Morgan fingerprint density at radius 1 is 1.26 bits per heavy atom. The maximum Gasteiger partial charge on any atom is 0.0780 e. The molecule has 0 aliphatic heterocycles. The van der Waals surface area contributed by atoms with Gasteiger partial charge in [-0.15, -0.1) is 22.7 Å². The molecular formula is C15H14ClNS2. The van der Waals surface area contributed by atoms with E-state index in [4.69, 9.17) is 11.6 Å². The second kappa shape index (κ2) is 5.63. The summed E-state index contributed by atoms with van der Waals surface area (Å²) >= 11 is 9.85. The van der Waals surface area contributed by atoms with Crippen LogP contribution in [-0.4, -0.2) is 6.54 Å². The molecule has 98 valence electrons. The van der Waals surface area contributed by atoms with Gasteiger partial charge in [-0.05, 0) is 35.5 Å². The number of fused-ring (bicyclic) bond motifs is 1. The quantitative estimate of drug-likeness (QED) is 0.688. The van der Waals surface area contributed by atoms with Crippen LogP contribution < -0.4 is 5.32 Å². The lowest BCUT2D eigenvalue weighted by Crippen LogP contribution is -2.20. The normalized spacial score (nSPS) is 12.9. The van der Waals surface area contributed by atoms with E-state index >= 15 is 0 Å². The van der Waals surface area contributed by atoms with Crippen molar-refractivity contribution in [1.82, 2.24) is 5.32 Å². The smallest absolute Gasteiger partial charge is 0.0780 e. The van der Waals surface area contributed by atoms with E-state index in [0.29, 0.717) is 0 Å². The first-order valence-corrected chi connectivity index (χ1v) is 8.31. The fourth-order valence-electron chi connectivity index (χ4n) is 2.18. The van der Waals surface area contributed by atoms with Gasteiger partial charge >= 0.3 is 0 Å². The summed E-state index contributed by atoms with van der Waals surface area (Å²) in [4.78, 5) is 2.53. The van der Waals surface area contributed by atoms with E-state index in [2.05, 4.69) is 48.0 Å². The molecule has 1 aromatic carbocycles. The molecule has 0 saturated carbocycles. The standard InChI is InChI=1S/C15H14ClNS2/c1-2-17-14(15-11(16)7-8-18-15)13-9-10-5-3-4-6-12(10)19-13/h3-9,14,17H,2H2,1H3. The summed E-state index contributed by atoms with van der Waals surface area (Å²) in [5.74, 6) is 0. The molecule has 19 heavy (non-hydrogen) atoms. The Morgan fingerprint density at radius 2 is 2.11 bits per heavy atom. The van der Waals surface area contributed by atoms with Crippen LogP contribution in [-0.2, 0) is 0 Å². The molecular weight excluding hydrogens is 294 g/mol. The topological polar surface area (TPSA) is 12.0 Å². The minimum atomic E-state index is 0.204. The van der Waals surface area contributed by atoms with Gasteiger partial charge in [0.25, 0.3) is 0 Å². The second-order valence-electron chi connectivity index (χ2n) is 4.31. The van der Waals surface area contributed by atoms with Gasteiger partial charge in [0, 0.05) is 14.5 Å². The molecule has 1 N–H and O–H groups in total. The van der Waals surface area contributed by atoms with Crippen LogP contribution in [0.5, 0.6) is 0 Å². The summed E-state index contributed by atoms with van der Waals surface area (Å²) in [7, 11) is 0. The summed E-state index contributed by atoms with van der Waals surface area (Å²) in [6.45, 7) is 3.05. The molecule has 0 bridgehead atoms. The third-order valence-electron chi connectivity index (χ3n) is 3.04. The van der Waals surface area contributed by atoms with Crippen LogP contribution >= 0.6 is 34.3 Å². The van der Waals surface area contributed by atoms with E-state index in [-0.39, 0.29) is 6.04 Å². The first kappa shape index (κ1) is 13.1. The van der Waals surface area contributed by atoms with Gasteiger partial charge in [0.2, 0.25) is 0 Å². The van der Waals surface area contributed by atoms with Crippen molar-refractivity contribution in [2.75, 3.05) is 6.54 Å². The molecule has 0 fully saturated rings. The third kappa shape index (κ3) is 2.56. The van der Waals surface area contributed by atoms with Crippen molar-refractivity contribution in [3.63, 3.8) is 0 Å². The predicted molar refractivity (Wildman–Crippen MR) is 86.7 cm³/mol. The number of rotatable bonds is 4. The first-order chi connectivity index (χ1) is 9.29. The molecule has 1 nitrogen and oxygen atoms in total. The molecule has 0 aliphatic rings. The van der Waals surface area contributed by atoms with Gasteiger partial charge in [0.05, 0.1) is 11.1 Å². The Morgan fingerprint density at radius 3 is 2.79 bits per heavy atom. The molecule has 1 unspecified atom stereocenters. The van der Waals surface area contributed by atoms with E-state index < -0.39 is 0 Å². The minimum Gasteiger partial charge on any atom is -0.305 e. The number of thiophene rings is 2. The van der Waals surface area contributed by atoms with E-state index in [1.54, 1.807) is 11.3 Å². The predicted octanol–water partition coefficient (Wildman–Crippen LogP) is 5.32. The third-order valence-corrected chi connectivity index (χ3v) is 5.65. The van der Waals surface area contributed by atoms with Crippen LogP contribution in [0.1, 0.15) is 22.7 Å². The number of halogens is 1. The zero-order valence-corrected chi connectivity index (χ0v) is 12.9. The number of nitrogens with one attached hydrogen (secondary N) is 1. The summed E-state index contributed by atoms with van der Waals surface area (Å²) < 4.78 is 1.33. The largest absolute Gasteiger partial charge is 0.305 e. The van der Waals surface area contributed by atoms with Gasteiger partial charge < -0.3 is 5.32 Å². The first-order valence-electron chi connectivity index (χ1n) is 6.24. The molecule has 2 aromatic heterocycles. The zero-order chi connectivity index (χ0) is 13.2. The van der Waals surface area contributed by atoms with Gasteiger partial charge in [-0.25, -0.2) is 0 Å². The number of benzene rings is 1. The molecule has 0 spiro atoms. The summed E-state index contributed by atoms with van der Waals surface area (Å²) in [6, 6.07) is 12.9. The monoisotopic (exact) mass is 307 g/mol. The Labute approximate surface area is 125 Å². The highest BCUT2D eigenvalue weighted by atomic mass is 35.5. The van der Waals surface area contributed by atoms with Crippen LogP contribution in [0.3, 0.4) is 0 Å². The molecule has 2 heterocycles. The van der Waals surface area contributed by atoms with Crippen LogP contribution in [0.25, 0.3) is 10.1 Å². The fraction of sp³-hybridized carbons (Fsp3) is 0.200. The fourth-order valence-corrected chi connectivity index (χ4v) is 4.67. The van der Waals surface area contributed by atoms with Gasteiger partial charge in [-0.1, -0.05) is 36.7 Å². The van der Waals surface area contributed by atoms with Crippen molar-refractivity contribution >= 4 is 44.4 Å². The van der Waals surface area contributed by atoms with Crippen molar-refractivity contribution < 1.29 is 0 Å². The van der Waals surface area contributed by atoms with Crippen LogP contribution in [0.15, 0.2) is 41.8 Å². The minimum absolute atomic E-state index is 0.204. The van der Waals surface area contributed by atoms with E-state index in [0.717, 1.165) is 11.6 Å². The molecule has 0 saturated heterocycles. The Bertz CT molecular complexity index is 653. The van der Waals surface area contributed by atoms with Gasteiger partial charge in [0.15, 0.2) is 0 Å². The summed E-state index contributed by atoms with van der Waals surface area (Å²) in [6.07, 6.45) is 0. The van der Waals surface area contributed by atoms with E-state index in [1.165, 1.54) is 19.8 Å². The average molecular weight is 308 g/mol. The molecule has 1 atom stereocenters. The lowest BCUT2D eigenvalue weighted by Gasteiger charge is -2.15. The van der Waals surface area contributed by atoms with Gasteiger partial charge in [-0.2, -0.15) is 0 Å². The maximum atomic E-state index is 6.29. The lowest BCUT2D eigenvalue weighted by atomic mass is 10.1. The van der Waals surface area contributed by atoms with Crippen molar-refractivity contribution in [2.45, 2.75) is 13.0 Å². The van der Waals surface area contributed by atoms with Gasteiger partial charge in [-0.3, -0.25) is 0 Å². The maximum absolute atomic E-state index is 6.29. The van der Waals surface area contributed by atoms with Crippen LogP contribution in [0.2, 0.25) is 5.02 Å². The highest BCUT2D eigenvalue weighted by molar-refractivity contribution is 7.19. The molecule has 0 amide bonds. The van der Waals surface area contributed by atoms with E-state index in [9.17, 15) is 0 Å². The highest BCUT2D eigenvalue weighted by Crippen LogP contribution is 2.38. The van der Waals surface area contributed by atoms with Crippen molar-refractivity contribution in [2.24, 2.45) is 0 Å². The Balaban J connectivity index is 2.07. The molecule has 4 heteroatoms. The second-order valence-corrected chi connectivity index (χ2v) is 6.78. The molecule has 0 radical (unpaired) electrons. The zero-order valence-electron chi connectivity index (χ0n) is 10.5. The summed E-state index contributed by atoms with van der Waals surface area (Å²) in [5, 5.41) is 7.75. The van der Waals surface area contributed by atoms with Crippen LogP contribution in [0.4, 0.5) is 0 Å². The number of hydrogen-bond donors (Lipinski definition) is 1. The highest BCUT2D eigenvalue weighted by Gasteiger charge is 2.19. The summed E-state index contributed by atoms with van der Waals surface area (Å²) in [5.41, 5.74) is 0. The molecule has 3 rings (SSSR count). The number of hydrogen-bond acceptors (Lipinski definition) is 3. The molecule has 3 aromatic rings. The lowest BCUT2D eigenvalue weighted by molar-refractivity contribution is 0.649.